The van der Waals surface area contributed by atoms with Crippen molar-refractivity contribution in [3.8, 4) is 0 Å². The van der Waals surface area contributed by atoms with E-state index in [1.54, 1.807) is 0 Å². The summed E-state index contributed by atoms with van der Waals surface area (Å²) in [5.74, 6) is 0.918. The first-order valence-electron chi connectivity index (χ1n) is 7.46. The van der Waals surface area contributed by atoms with Gasteiger partial charge < -0.3 is 15.5 Å². The minimum atomic E-state index is 0.806. The van der Waals surface area contributed by atoms with Crippen LogP contribution >= 0.6 is 0 Å². The Balaban J connectivity index is 1.90. The first kappa shape index (κ1) is 13.3. The van der Waals surface area contributed by atoms with E-state index >= 15 is 0 Å². The van der Waals surface area contributed by atoms with E-state index in [0.29, 0.717) is 0 Å². The normalized spacial score (nSPS) is 26.3. The van der Waals surface area contributed by atoms with Crippen LogP contribution in [0.5, 0.6) is 0 Å². The van der Waals surface area contributed by atoms with Crippen LogP contribution in [0.3, 0.4) is 0 Å². The van der Waals surface area contributed by atoms with Gasteiger partial charge in [0, 0.05) is 12.1 Å². The number of hydrogen-bond donors (Lipinski definition) is 2. The van der Waals surface area contributed by atoms with Crippen molar-refractivity contribution in [3.63, 3.8) is 0 Å². The van der Waals surface area contributed by atoms with Crippen LogP contribution in [-0.4, -0.2) is 50.2 Å². The highest BCUT2D eigenvalue weighted by atomic mass is 15.2. The first-order valence-corrected chi connectivity index (χ1v) is 7.46. The second-order valence-corrected chi connectivity index (χ2v) is 5.71. The van der Waals surface area contributed by atoms with Crippen molar-refractivity contribution < 1.29 is 0 Å². The molecule has 2 aliphatic heterocycles. The van der Waals surface area contributed by atoms with E-state index in [-0.39, 0.29) is 0 Å². The van der Waals surface area contributed by atoms with Gasteiger partial charge in [-0.25, -0.2) is 0 Å². The summed E-state index contributed by atoms with van der Waals surface area (Å²) < 4.78 is 0. The van der Waals surface area contributed by atoms with Gasteiger partial charge in [0.1, 0.15) is 0 Å². The number of hydrogen-bond acceptors (Lipinski definition) is 3. The van der Waals surface area contributed by atoms with Crippen LogP contribution in [0.15, 0.2) is 0 Å². The zero-order chi connectivity index (χ0) is 12.1. The molecule has 3 heteroatoms. The number of nitrogens with one attached hydrogen (secondary N) is 2. The maximum Gasteiger partial charge on any atom is 0.0122 e. The molecule has 0 aromatic rings. The monoisotopic (exact) mass is 239 g/mol. The third kappa shape index (κ3) is 3.43. The maximum absolute atomic E-state index is 3.48. The summed E-state index contributed by atoms with van der Waals surface area (Å²) in [6, 6.07) is 1.62. The number of rotatable bonds is 4. The van der Waals surface area contributed by atoms with Gasteiger partial charge in [-0.05, 0) is 71.2 Å². The summed E-state index contributed by atoms with van der Waals surface area (Å²) in [5, 5.41) is 6.95. The summed E-state index contributed by atoms with van der Waals surface area (Å²) in [7, 11) is 2.37. The van der Waals surface area contributed by atoms with Crippen molar-refractivity contribution >= 4 is 0 Å². The predicted octanol–water partition coefficient (Wildman–Crippen LogP) is 1.45. The molecule has 0 spiro atoms. The van der Waals surface area contributed by atoms with E-state index in [2.05, 4.69) is 29.5 Å². The first-order chi connectivity index (χ1) is 8.33. The molecule has 17 heavy (non-hydrogen) atoms. The van der Waals surface area contributed by atoms with E-state index in [1.165, 1.54) is 58.3 Å². The van der Waals surface area contributed by atoms with Crippen LogP contribution in [-0.2, 0) is 0 Å². The fourth-order valence-corrected chi connectivity index (χ4v) is 3.67. The van der Waals surface area contributed by atoms with Crippen LogP contribution in [0.4, 0.5) is 0 Å². The van der Waals surface area contributed by atoms with Gasteiger partial charge in [0.25, 0.3) is 0 Å². The van der Waals surface area contributed by atoms with Gasteiger partial charge in [0.15, 0.2) is 0 Å². The highest BCUT2D eigenvalue weighted by Crippen LogP contribution is 2.26. The molecule has 2 rings (SSSR count). The largest absolute Gasteiger partial charge is 0.317 e. The van der Waals surface area contributed by atoms with Crippen molar-refractivity contribution in [2.45, 2.75) is 51.1 Å². The number of nitrogens with zero attached hydrogens (tertiary/aromatic N) is 1. The lowest BCUT2D eigenvalue weighted by Gasteiger charge is -2.42. The molecule has 2 N–H and O–H groups in total. The van der Waals surface area contributed by atoms with E-state index in [1.807, 2.05) is 0 Å². The minimum absolute atomic E-state index is 0.806. The summed E-state index contributed by atoms with van der Waals surface area (Å²) in [5.41, 5.74) is 0. The Bertz CT molecular complexity index is 208. The van der Waals surface area contributed by atoms with Gasteiger partial charge in [0.05, 0.1) is 0 Å². The second-order valence-electron chi connectivity index (χ2n) is 5.71. The third-order valence-electron chi connectivity index (χ3n) is 4.75. The molecule has 0 bridgehead atoms. The van der Waals surface area contributed by atoms with Crippen LogP contribution in [0.25, 0.3) is 0 Å². The SMILES string of the molecule is CCC(C1CCNCC1)N(C)C1CCNCC1. The fourth-order valence-electron chi connectivity index (χ4n) is 3.67. The van der Waals surface area contributed by atoms with Crippen molar-refractivity contribution in [2.24, 2.45) is 5.92 Å². The fraction of sp³-hybridized carbons (Fsp3) is 1.00. The van der Waals surface area contributed by atoms with Gasteiger partial charge in [-0.15, -0.1) is 0 Å². The zero-order valence-electron chi connectivity index (χ0n) is 11.5. The predicted molar refractivity (Wildman–Crippen MR) is 73.3 cm³/mol. The standard InChI is InChI=1S/C14H29N3/c1-3-14(12-4-8-15-9-5-12)17(2)13-6-10-16-11-7-13/h12-16H,3-11H2,1-2H3. The summed E-state index contributed by atoms with van der Waals surface area (Å²) in [6.45, 7) is 7.22. The molecule has 0 aromatic heterocycles. The Morgan fingerprint density at radius 2 is 1.53 bits per heavy atom. The molecule has 100 valence electrons. The number of piperidine rings is 2. The highest BCUT2D eigenvalue weighted by Gasteiger charge is 2.29. The maximum atomic E-state index is 3.48. The molecule has 0 amide bonds. The lowest BCUT2D eigenvalue weighted by Crippen LogP contribution is -2.50. The van der Waals surface area contributed by atoms with Crippen molar-refractivity contribution in [1.29, 1.82) is 0 Å². The molecule has 1 unspecified atom stereocenters. The topological polar surface area (TPSA) is 27.3 Å². The molecule has 0 aliphatic carbocycles. The Morgan fingerprint density at radius 1 is 1.00 bits per heavy atom. The lowest BCUT2D eigenvalue weighted by molar-refractivity contribution is 0.0851. The summed E-state index contributed by atoms with van der Waals surface area (Å²) >= 11 is 0. The molecule has 2 heterocycles. The van der Waals surface area contributed by atoms with Crippen molar-refractivity contribution in [2.75, 3.05) is 33.2 Å². The Labute approximate surface area is 106 Å². The van der Waals surface area contributed by atoms with Crippen LogP contribution in [0, 0.1) is 5.92 Å². The van der Waals surface area contributed by atoms with Gasteiger partial charge in [-0.3, -0.25) is 0 Å². The Kier molecular flexibility index (Phi) is 5.26. The molecule has 0 aromatic carbocycles. The molecular formula is C14H29N3. The molecule has 1 atom stereocenters. The van der Waals surface area contributed by atoms with Gasteiger partial charge in [-0.2, -0.15) is 0 Å². The molecule has 0 saturated carbocycles. The van der Waals surface area contributed by atoms with Crippen LogP contribution in [0.2, 0.25) is 0 Å². The molecule has 2 saturated heterocycles. The highest BCUT2D eigenvalue weighted by molar-refractivity contribution is 4.86. The third-order valence-corrected chi connectivity index (χ3v) is 4.75. The zero-order valence-corrected chi connectivity index (χ0v) is 11.5. The van der Waals surface area contributed by atoms with E-state index in [9.17, 15) is 0 Å². The minimum Gasteiger partial charge on any atom is -0.317 e. The second kappa shape index (κ2) is 6.72. The lowest BCUT2D eigenvalue weighted by atomic mass is 9.86. The quantitative estimate of drug-likeness (QED) is 0.777. The van der Waals surface area contributed by atoms with E-state index in [4.69, 9.17) is 0 Å². The average molecular weight is 239 g/mol. The van der Waals surface area contributed by atoms with Gasteiger partial charge in [-0.1, -0.05) is 6.92 Å². The van der Waals surface area contributed by atoms with Crippen molar-refractivity contribution in [3.05, 3.63) is 0 Å². The van der Waals surface area contributed by atoms with E-state index in [0.717, 1.165) is 18.0 Å². The molecule has 3 nitrogen and oxygen atoms in total. The summed E-state index contributed by atoms with van der Waals surface area (Å²) in [6.07, 6.45) is 6.71. The van der Waals surface area contributed by atoms with Crippen LogP contribution in [0.1, 0.15) is 39.0 Å². The van der Waals surface area contributed by atoms with E-state index < -0.39 is 0 Å². The average Bonchev–Trinajstić information content (AvgIpc) is 2.42. The molecule has 2 aliphatic rings. The van der Waals surface area contributed by atoms with Gasteiger partial charge in [0.2, 0.25) is 0 Å². The van der Waals surface area contributed by atoms with Crippen molar-refractivity contribution in [1.82, 2.24) is 15.5 Å². The molecule has 0 radical (unpaired) electrons. The Hall–Kier alpha value is -0.120. The molecular weight excluding hydrogens is 210 g/mol. The van der Waals surface area contributed by atoms with Crippen LogP contribution < -0.4 is 10.6 Å². The Morgan fingerprint density at radius 3 is 2.06 bits per heavy atom. The summed E-state index contributed by atoms with van der Waals surface area (Å²) in [4.78, 5) is 2.71. The smallest absolute Gasteiger partial charge is 0.0122 e. The molecule has 2 fully saturated rings. The van der Waals surface area contributed by atoms with Gasteiger partial charge >= 0.3 is 0 Å².